The Hall–Kier alpha value is -1.66. The molecule has 0 spiro atoms. The quantitative estimate of drug-likeness (QED) is 0.195. The number of thiazole rings is 1. The number of carbonyl (C=O) groups is 1. The van der Waals surface area contributed by atoms with E-state index in [-0.39, 0.29) is 11.7 Å². The monoisotopic (exact) mass is 476 g/mol. The van der Waals surface area contributed by atoms with Crippen molar-refractivity contribution in [3.8, 4) is 11.5 Å². The van der Waals surface area contributed by atoms with Crippen LogP contribution in [0, 0.1) is 0 Å². The first-order valence-corrected chi connectivity index (χ1v) is 13.8. The SMILES string of the molecule is CCCCCCCCCCCCCCC(C(=O)CCCOC)c1sc(N)nc1-c1ccco1. The van der Waals surface area contributed by atoms with Crippen LogP contribution in [-0.2, 0) is 9.53 Å². The summed E-state index contributed by atoms with van der Waals surface area (Å²) in [5, 5.41) is 0.487. The first kappa shape index (κ1) is 27.6. The molecule has 2 rings (SSSR count). The molecule has 2 aromatic heterocycles. The number of Topliss-reactive ketones (excluding diaryl/α,β-unsaturated/α-hetero) is 1. The van der Waals surface area contributed by atoms with Crippen LogP contribution in [0.25, 0.3) is 11.5 Å². The molecule has 0 aliphatic carbocycles. The molecule has 0 radical (unpaired) electrons. The average molecular weight is 477 g/mol. The second-order valence-corrected chi connectivity index (χ2v) is 10.1. The van der Waals surface area contributed by atoms with Crippen molar-refractivity contribution in [2.45, 2.75) is 109 Å². The number of methoxy groups -OCH3 is 1. The Labute approximate surface area is 204 Å². The van der Waals surface area contributed by atoms with Crippen molar-refractivity contribution in [2.75, 3.05) is 19.5 Å². The Bertz CT molecular complexity index is 758. The van der Waals surface area contributed by atoms with Crippen LogP contribution in [-0.4, -0.2) is 24.5 Å². The van der Waals surface area contributed by atoms with Gasteiger partial charge >= 0.3 is 0 Å². The number of hydrogen-bond donors (Lipinski definition) is 1. The zero-order valence-electron chi connectivity index (χ0n) is 20.8. The highest BCUT2D eigenvalue weighted by Gasteiger charge is 2.27. The Morgan fingerprint density at radius 1 is 1.03 bits per heavy atom. The minimum absolute atomic E-state index is 0.167. The Kier molecular flexibility index (Phi) is 14.1. The van der Waals surface area contributed by atoms with E-state index in [0.717, 1.165) is 29.8 Å². The summed E-state index contributed by atoms with van der Waals surface area (Å²) in [6.45, 7) is 2.87. The van der Waals surface area contributed by atoms with E-state index < -0.39 is 0 Å². The second kappa shape index (κ2) is 16.9. The molecule has 0 aliphatic heterocycles. The molecule has 0 saturated heterocycles. The Balaban J connectivity index is 1.80. The summed E-state index contributed by atoms with van der Waals surface area (Å²) < 4.78 is 10.7. The van der Waals surface area contributed by atoms with Gasteiger partial charge in [-0.25, -0.2) is 4.98 Å². The van der Waals surface area contributed by atoms with Gasteiger partial charge in [0.05, 0.1) is 12.2 Å². The number of nitrogens with two attached hydrogens (primary N) is 1. The van der Waals surface area contributed by atoms with E-state index in [1.54, 1.807) is 13.4 Å². The molecular formula is C27H44N2O3S. The van der Waals surface area contributed by atoms with Gasteiger partial charge in [-0.05, 0) is 25.0 Å². The minimum atomic E-state index is -0.167. The maximum Gasteiger partial charge on any atom is 0.180 e. The van der Waals surface area contributed by atoms with Gasteiger partial charge in [-0.1, -0.05) is 84.0 Å². The summed E-state index contributed by atoms with van der Waals surface area (Å²) in [7, 11) is 1.67. The molecule has 0 saturated carbocycles. The topological polar surface area (TPSA) is 78.4 Å². The van der Waals surface area contributed by atoms with Crippen LogP contribution < -0.4 is 5.73 Å². The summed E-state index contributed by atoms with van der Waals surface area (Å²) in [6, 6.07) is 3.73. The number of rotatable bonds is 20. The van der Waals surface area contributed by atoms with Crippen molar-refractivity contribution in [3.63, 3.8) is 0 Å². The second-order valence-electron chi connectivity index (χ2n) is 9.04. The molecule has 0 amide bonds. The van der Waals surface area contributed by atoms with Crippen molar-refractivity contribution in [2.24, 2.45) is 0 Å². The van der Waals surface area contributed by atoms with Crippen LogP contribution in [0.3, 0.4) is 0 Å². The van der Waals surface area contributed by atoms with E-state index in [9.17, 15) is 4.79 Å². The van der Waals surface area contributed by atoms with Gasteiger partial charge in [0.15, 0.2) is 10.9 Å². The van der Waals surface area contributed by atoms with Crippen molar-refractivity contribution < 1.29 is 13.9 Å². The normalized spacial score (nSPS) is 12.3. The lowest BCUT2D eigenvalue weighted by molar-refractivity contribution is -0.120. The zero-order valence-corrected chi connectivity index (χ0v) is 21.6. The van der Waals surface area contributed by atoms with Crippen LogP contribution in [0.1, 0.15) is 114 Å². The molecule has 6 heteroatoms. The molecular weight excluding hydrogens is 432 g/mol. The number of nitrogen functional groups attached to an aromatic ring is 1. The lowest BCUT2D eigenvalue weighted by Crippen LogP contribution is -2.13. The van der Waals surface area contributed by atoms with Gasteiger partial charge in [0.25, 0.3) is 0 Å². The highest BCUT2D eigenvalue weighted by atomic mass is 32.1. The number of nitrogens with zero attached hydrogens (tertiary/aromatic N) is 1. The lowest BCUT2D eigenvalue weighted by Gasteiger charge is -2.15. The fourth-order valence-corrected chi connectivity index (χ4v) is 5.36. The van der Waals surface area contributed by atoms with Crippen LogP contribution >= 0.6 is 11.3 Å². The molecule has 0 aromatic carbocycles. The van der Waals surface area contributed by atoms with Crippen LogP contribution in [0.2, 0.25) is 0 Å². The smallest absolute Gasteiger partial charge is 0.180 e. The number of anilines is 1. The maximum atomic E-state index is 13.1. The van der Waals surface area contributed by atoms with Crippen molar-refractivity contribution >= 4 is 22.3 Å². The summed E-state index contributed by atoms with van der Waals surface area (Å²) in [6.07, 6.45) is 19.5. The zero-order chi connectivity index (χ0) is 23.7. The molecule has 1 atom stereocenters. The third-order valence-electron chi connectivity index (χ3n) is 6.25. The Morgan fingerprint density at radius 3 is 2.24 bits per heavy atom. The van der Waals surface area contributed by atoms with Crippen molar-refractivity contribution in [3.05, 3.63) is 23.3 Å². The van der Waals surface area contributed by atoms with Crippen LogP contribution in [0.5, 0.6) is 0 Å². The minimum Gasteiger partial charge on any atom is -0.463 e. The third kappa shape index (κ3) is 10.4. The van der Waals surface area contributed by atoms with Crippen LogP contribution in [0.15, 0.2) is 22.8 Å². The summed E-state index contributed by atoms with van der Waals surface area (Å²) in [5.41, 5.74) is 6.78. The van der Waals surface area contributed by atoms with Gasteiger partial charge in [-0.2, -0.15) is 0 Å². The lowest BCUT2D eigenvalue weighted by atomic mass is 9.91. The molecule has 33 heavy (non-hydrogen) atoms. The van der Waals surface area contributed by atoms with Crippen LogP contribution in [0.4, 0.5) is 5.13 Å². The van der Waals surface area contributed by atoms with Gasteiger partial charge in [-0.15, -0.1) is 11.3 Å². The van der Waals surface area contributed by atoms with Crippen molar-refractivity contribution in [1.29, 1.82) is 0 Å². The van der Waals surface area contributed by atoms with E-state index in [2.05, 4.69) is 11.9 Å². The first-order valence-electron chi connectivity index (χ1n) is 13.0. The van der Waals surface area contributed by atoms with Gasteiger partial charge in [0.1, 0.15) is 11.5 Å². The predicted molar refractivity (Wildman–Crippen MR) is 139 cm³/mol. The first-order chi connectivity index (χ1) is 16.2. The molecule has 2 N–H and O–H groups in total. The highest BCUT2D eigenvalue weighted by Crippen LogP contribution is 2.39. The molecule has 0 bridgehead atoms. The largest absolute Gasteiger partial charge is 0.463 e. The summed E-state index contributed by atoms with van der Waals surface area (Å²) >= 11 is 1.43. The fourth-order valence-electron chi connectivity index (χ4n) is 4.37. The predicted octanol–water partition coefficient (Wildman–Crippen LogP) is 8.16. The molecule has 186 valence electrons. The van der Waals surface area contributed by atoms with Gasteiger partial charge in [-0.3, -0.25) is 4.79 Å². The molecule has 0 fully saturated rings. The molecule has 2 aromatic rings. The number of ketones is 1. The van der Waals surface area contributed by atoms with E-state index >= 15 is 0 Å². The number of carbonyl (C=O) groups excluding carboxylic acids is 1. The van der Waals surface area contributed by atoms with Crippen molar-refractivity contribution in [1.82, 2.24) is 4.98 Å². The number of ether oxygens (including phenoxy) is 1. The third-order valence-corrected chi connectivity index (χ3v) is 7.25. The Morgan fingerprint density at radius 2 is 1.67 bits per heavy atom. The van der Waals surface area contributed by atoms with Gasteiger partial charge < -0.3 is 14.9 Å². The highest BCUT2D eigenvalue weighted by molar-refractivity contribution is 7.16. The number of unbranched alkanes of at least 4 members (excludes halogenated alkanes) is 11. The molecule has 2 heterocycles. The number of furan rings is 1. The molecule has 1 unspecified atom stereocenters. The number of aromatic nitrogens is 1. The van der Waals surface area contributed by atoms with E-state index in [0.29, 0.717) is 23.9 Å². The van der Waals surface area contributed by atoms with E-state index in [1.165, 1.54) is 82.0 Å². The van der Waals surface area contributed by atoms with Gasteiger partial charge in [0, 0.05) is 25.0 Å². The summed E-state index contributed by atoms with van der Waals surface area (Å²) in [4.78, 5) is 18.6. The summed E-state index contributed by atoms with van der Waals surface area (Å²) in [5.74, 6) is 0.772. The molecule has 0 aliphatic rings. The number of hydrogen-bond acceptors (Lipinski definition) is 6. The molecule has 5 nitrogen and oxygen atoms in total. The van der Waals surface area contributed by atoms with E-state index in [1.807, 2.05) is 12.1 Å². The van der Waals surface area contributed by atoms with Gasteiger partial charge in [0.2, 0.25) is 0 Å². The van der Waals surface area contributed by atoms with E-state index in [4.69, 9.17) is 14.9 Å². The standard InChI is InChI=1S/C27H44N2O3S/c1-3-4-5-6-7-8-9-10-11-12-13-14-17-22(23(30)18-15-20-31-2)26-25(29-27(28)33-26)24-19-16-21-32-24/h16,19,21-22H,3-15,17-18,20H2,1-2H3,(H2,28,29). The average Bonchev–Trinajstić information content (AvgIpc) is 3.47. The maximum absolute atomic E-state index is 13.1. The fraction of sp³-hybridized carbons (Fsp3) is 0.704.